The number of carbonyl (C=O) groups is 1. The number of amides is 1. The summed E-state index contributed by atoms with van der Waals surface area (Å²) in [6.45, 7) is 5.96. The molecule has 30 heavy (non-hydrogen) atoms. The minimum Gasteiger partial charge on any atom is -0.324 e. The van der Waals surface area contributed by atoms with Crippen LogP contribution in [0.2, 0.25) is 0 Å². The highest BCUT2D eigenvalue weighted by Crippen LogP contribution is 2.23. The first-order chi connectivity index (χ1) is 14.3. The number of aryl methyl sites for hydroxylation is 1. The van der Waals surface area contributed by atoms with Crippen LogP contribution in [0, 0.1) is 6.92 Å². The first-order valence-corrected chi connectivity index (χ1v) is 11.0. The largest absolute Gasteiger partial charge is 0.324 e. The fourth-order valence-electron chi connectivity index (χ4n) is 2.94. The summed E-state index contributed by atoms with van der Waals surface area (Å²) in [6, 6.07) is 14.0. The van der Waals surface area contributed by atoms with E-state index in [1.807, 2.05) is 30.3 Å². The van der Waals surface area contributed by atoms with Crippen molar-refractivity contribution in [3.63, 3.8) is 0 Å². The molecular weight excluding hydrogens is 404 g/mol. The average Bonchev–Trinajstić information content (AvgIpc) is 3.19. The molecule has 2 aromatic carbocycles. The number of hydrogen-bond acceptors (Lipinski definition) is 6. The van der Waals surface area contributed by atoms with Crippen molar-refractivity contribution in [2.45, 2.75) is 32.2 Å². The van der Waals surface area contributed by atoms with Crippen LogP contribution in [-0.2, 0) is 21.4 Å². The standard InChI is InChI=1S/C20H24N6O3S/c1-4-25(5-2)30(28,29)17-12-11-15(3)18(13-17)21-19(27)14-26-23-20(22-24-26)16-9-7-6-8-10-16/h6-13H,4-5,14H2,1-3H3,(H,21,27). The van der Waals surface area contributed by atoms with E-state index in [1.165, 1.54) is 15.2 Å². The van der Waals surface area contributed by atoms with E-state index in [0.29, 0.717) is 24.6 Å². The summed E-state index contributed by atoms with van der Waals surface area (Å²) >= 11 is 0. The van der Waals surface area contributed by atoms with E-state index in [0.717, 1.165) is 11.1 Å². The van der Waals surface area contributed by atoms with Gasteiger partial charge in [-0.3, -0.25) is 4.79 Å². The van der Waals surface area contributed by atoms with Gasteiger partial charge in [0.15, 0.2) is 0 Å². The first kappa shape index (κ1) is 21.6. The molecular formula is C20H24N6O3S. The van der Waals surface area contributed by atoms with E-state index in [2.05, 4.69) is 20.7 Å². The molecule has 0 aliphatic rings. The molecule has 0 fully saturated rings. The summed E-state index contributed by atoms with van der Waals surface area (Å²) in [6.07, 6.45) is 0. The van der Waals surface area contributed by atoms with Gasteiger partial charge in [-0.15, -0.1) is 10.2 Å². The lowest BCUT2D eigenvalue weighted by Crippen LogP contribution is -2.30. The molecule has 9 nitrogen and oxygen atoms in total. The first-order valence-electron chi connectivity index (χ1n) is 9.59. The summed E-state index contributed by atoms with van der Waals surface area (Å²) in [4.78, 5) is 13.8. The van der Waals surface area contributed by atoms with Gasteiger partial charge < -0.3 is 5.32 Å². The van der Waals surface area contributed by atoms with Gasteiger partial charge in [-0.2, -0.15) is 9.10 Å². The van der Waals surface area contributed by atoms with Crippen molar-refractivity contribution < 1.29 is 13.2 Å². The summed E-state index contributed by atoms with van der Waals surface area (Å²) in [5, 5.41) is 14.8. The van der Waals surface area contributed by atoms with Crippen LogP contribution in [0.5, 0.6) is 0 Å². The molecule has 10 heteroatoms. The molecule has 0 aliphatic carbocycles. The predicted octanol–water partition coefficient (Wildman–Crippen LogP) is 2.32. The van der Waals surface area contributed by atoms with Crippen molar-refractivity contribution in [1.29, 1.82) is 0 Å². The lowest BCUT2D eigenvalue weighted by atomic mass is 10.2. The molecule has 0 radical (unpaired) electrons. The van der Waals surface area contributed by atoms with Gasteiger partial charge in [0.2, 0.25) is 21.8 Å². The number of benzene rings is 2. The fourth-order valence-corrected chi connectivity index (χ4v) is 4.42. The summed E-state index contributed by atoms with van der Waals surface area (Å²) in [5.74, 6) is 0.0411. The Bertz CT molecular complexity index is 1120. The average molecular weight is 429 g/mol. The Balaban J connectivity index is 1.75. The summed E-state index contributed by atoms with van der Waals surface area (Å²) in [5.41, 5.74) is 1.98. The molecule has 3 rings (SSSR count). The van der Waals surface area contributed by atoms with Crippen LogP contribution in [0.3, 0.4) is 0 Å². The number of anilines is 1. The van der Waals surface area contributed by atoms with Crippen molar-refractivity contribution in [2.75, 3.05) is 18.4 Å². The van der Waals surface area contributed by atoms with E-state index < -0.39 is 10.0 Å². The Morgan fingerprint density at radius 3 is 2.47 bits per heavy atom. The third-order valence-electron chi connectivity index (χ3n) is 4.60. The lowest BCUT2D eigenvalue weighted by Gasteiger charge is -2.19. The zero-order valence-electron chi connectivity index (χ0n) is 17.1. The van der Waals surface area contributed by atoms with Crippen LogP contribution in [0.4, 0.5) is 5.69 Å². The van der Waals surface area contributed by atoms with Crippen LogP contribution >= 0.6 is 0 Å². The molecule has 1 amide bonds. The van der Waals surface area contributed by atoms with Crippen LogP contribution in [0.15, 0.2) is 53.4 Å². The van der Waals surface area contributed by atoms with Crippen LogP contribution < -0.4 is 5.32 Å². The van der Waals surface area contributed by atoms with Crippen molar-refractivity contribution in [3.05, 3.63) is 54.1 Å². The van der Waals surface area contributed by atoms with Gasteiger partial charge in [-0.25, -0.2) is 8.42 Å². The fraction of sp³-hybridized carbons (Fsp3) is 0.300. The topological polar surface area (TPSA) is 110 Å². The quantitative estimate of drug-likeness (QED) is 0.590. The Hall–Kier alpha value is -3.11. The van der Waals surface area contributed by atoms with Crippen LogP contribution in [0.25, 0.3) is 11.4 Å². The number of nitrogens with one attached hydrogen (secondary N) is 1. The minimum absolute atomic E-state index is 0.136. The van der Waals surface area contributed by atoms with Gasteiger partial charge in [0.05, 0.1) is 4.90 Å². The van der Waals surface area contributed by atoms with Crippen molar-refractivity contribution in [3.8, 4) is 11.4 Å². The van der Waals surface area contributed by atoms with E-state index in [4.69, 9.17) is 0 Å². The van der Waals surface area contributed by atoms with E-state index in [1.54, 1.807) is 32.9 Å². The molecule has 0 saturated heterocycles. The molecule has 0 aliphatic heterocycles. The van der Waals surface area contributed by atoms with Crippen LogP contribution in [0.1, 0.15) is 19.4 Å². The zero-order chi connectivity index (χ0) is 21.7. The van der Waals surface area contributed by atoms with E-state index in [-0.39, 0.29) is 17.3 Å². The Kier molecular flexibility index (Phi) is 6.58. The molecule has 1 heterocycles. The maximum atomic E-state index is 12.8. The normalized spacial score (nSPS) is 11.6. The van der Waals surface area contributed by atoms with Crippen molar-refractivity contribution >= 4 is 21.6 Å². The Labute approximate surface area is 175 Å². The summed E-state index contributed by atoms with van der Waals surface area (Å²) in [7, 11) is -3.62. The third-order valence-corrected chi connectivity index (χ3v) is 6.64. The number of rotatable bonds is 8. The SMILES string of the molecule is CCN(CC)S(=O)(=O)c1ccc(C)c(NC(=O)Cn2nnc(-c3ccccc3)n2)c1. The Morgan fingerprint density at radius 1 is 1.10 bits per heavy atom. The third kappa shape index (κ3) is 4.71. The van der Waals surface area contributed by atoms with Gasteiger partial charge in [0.1, 0.15) is 6.54 Å². The molecule has 0 unspecified atom stereocenters. The monoisotopic (exact) mass is 428 g/mol. The van der Waals surface area contributed by atoms with Gasteiger partial charge >= 0.3 is 0 Å². The second-order valence-corrected chi connectivity index (χ2v) is 8.56. The highest BCUT2D eigenvalue weighted by atomic mass is 32.2. The highest BCUT2D eigenvalue weighted by Gasteiger charge is 2.22. The second-order valence-electron chi connectivity index (χ2n) is 6.62. The van der Waals surface area contributed by atoms with Gasteiger partial charge in [0.25, 0.3) is 0 Å². The number of carbonyl (C=O) groups excluding carboxylic acids is 1. The number of hydrogen-bond donors (Lipinski definition) is 1. The summed E-state index contributed by atoms with van der Waals surface area (Å²) < 4.78 is 26.9. The van der Waals surface area contributed by atoms with Gasteiger partial charge in [-0.05, 0) is 29.8 Å². The lowest BCUT2D eigenvalue weighted by molar-refractivity contribution is -0.117. The molecule has 1 N–H and O–H groups in total. The molecule has 3 aromatic rings. The maximum absolute atomic E-state index is 12.8. The number of sulfonamides is 1. The number of aromatic nitrogens is 4. The van der Waals surface area contributed by atoms with E-state index >= 15 is 0 Å². The minimum atomic E-state index is -3.62. The molecule has 0 bridgehead atoms. The number of nitrogens with zero attached hydrogens (tertiary/aromatic N) is 5. The molecule has 0 spiro atoms. The van der Waals surface area contributed by atoms with E-state index in [9.17, 15) is 13.2 Å². The zero-order valence-corrected chi connectivity index (χ0v) is 17.9. The van der Waals surface area contributed by atoms with Crippen LogP contribution in [-0.4, -0.2) is 51.9 Å². The Morgan fingerprint density at radius 2 is 1.80 bits per heavy atom. The molecule has 0 saturated carbocycles. The maximum Gasteiger partial charge on any atom is 0.248 e. The van der Waals surface area contributed by atoms with Gasteiger partial charge in [-0.1, -0.05) is 50.2 Å². The van der Waals surface area contributed by atoms with Gasteiger partial charge in [0, 0.05) is 24.3 Å². The van der Waals surface area contributed by atoms with Crippen molar-refractivity contribution in [2.24, 2.45) is 0 Å². The predicted molar refractivity (Wildman–Crippen MR) is 113 cm³/mol. The molecule has 158 valence electrons. The molecule has 0 atom stereocenters. The van der Waals surface area contributed by atoms with Crippen molar-refractivity contribution in [1.82, 2.24) is 24.5 Å². The smallest absolute Gasteiger partial charge is 0.248 e. The molecule has 1 aromatic heterocycles. The highest BCUT2D eigenvalue weighted by molar-refractivity contribution is 7.89. The number of tetrazole rings is 1. The second kappa shape index (κ2) is 9.14.